The molecule has 0 saturated carbocycles. The monoisotopic (exact) mass is 302 g/mol. The Hall–Kier alpha value is -1.87. The van der Waals surface area contributed by atoms with Gasteiger partial charge in [-0.2, -0.15) is 0 Å². The summed E-state index contributed by atoms with van der Waals surface area (Å²) in [6.07, 6.45) is 1.99. The summed E-state index contributed by atoms with van der Waals surface area (Å²) in [5.74, 6) is -0.0398. The van der Waals surface area contributed by atoms with Crippen LogP contribution in [0.4, 0.5) is 5.69 Å². The molecule has 0 spiro atoms. The van der Waals surface area contributed by atoms with Gasteiger partial charge in [-0.1, -0.05) is 43.1 Å². The summed E-state index contributed by atoms with van der Waals surface area (Å²) in [6, 6.07) is 13.1. The number of rotatable bonds is 5. The lowest BCUT2D eigenvalue weighted by molar-refractivity contribution is 0.0986. The third-order valence-corrected chi connectivity index (χ3v) is 3.41. The molecule has 0 bridgehead atoms. The first-order valence-electron chi connectivity index (χ1n) is 7.13. The van der Waals surface area contributed by atoms with Gasteiger partial charge in [0.15, 0.2) is 0 Å². The van der Waals surface area contributed by atoms with Crippen LogP contribution in [0.3, 0.4) is 0 Å². The van der Waals surface area contributed by atoms with Gasteiger partial charge in [-0.05, 0) is 37.6 Å². The molecular weight excluding hydrogens is 284 g/mol. The number of aryl methyl sites for hydroxylation is 1. The molecule has 0 atom stereocenters. The average molecular weight is 303 g/mol. The Morgan fingerprint density at radius 2 is 1.95 bits per heavy atom. The summed E-state index contributed by atoms with van der Waals surface area (Å²) in [7, 11) is 0. The molecule has 1 heterocycles. The van der Waals surface area contributed by atoms with Gasteiger partial charge in [0, 0.05) is 23.5 Å². The predicted octanol–water partition coefficient (Wildman–Crippen LogP) is 4.49. The summed E-state index contributed by atoms with van der Waals surface area (Å²) < 4.78 is 0. The van der Waals surface area contributed by atoms with Crippen LogP contribution in [0.15, 0.2) is 42.5 Å². The Morgan fingerprint density at radius 1 is 1.24 bits per heavy atom. The van der Waals surface area contributed by atoms with Gasteiger partial charge in [0.25, 0.3) is 5.91 Å². The highest BCUT2D eigenvalue weighted by Gasteiger charge is 2.18. The van der Waals surface area contributed by atoms with E-state index in [0.29, 0.717) is 17.3 Å². The van der Waals surface area contributed by atoms with Gasteiger partial charge >= 0.3 is 0 Å². The van der Waals surface area contributed by atoms with Crippen LogP contribution in [0, 0.1) is 6.92 Å². The van der Waals surface area contributed by atoms with E-state index < -0.39 is 0 Å². The lowest BCUT2D eigenvalue weighted by Crippen LogP contribution is -2.32. The van der Waals surface area contributed by atoms with Gasteiger partial charge in [-0.15, -0.1) is 0 Å². The molecule has 1 aromatic heterocycles. The van der Waals surface area contributed by atoms with Gasteiger partial charge in [0.05, 0.1) is 0 Å². The zero-order valence-corrected chi connectivity index (χ0v) is 13.1. The molecule has 0 unspecified atom stereocenters. The van der Waals surface area contributed by atoms with Crippen molar-refractivity contribution in [3.63, 3.8) is 0 Å². The van der Waals surface area contributed by atoms with E-state index in [-0.39, 0.29) is 5.91 Å². The van der Waals surface area contributed by atoms with Crippen molar-refractivity contribution >= 4 is 23.2 Å². The van der Waals surface area contributed by atoms with Gasteiger partial charge in [0.1, 0.15) is 5.15 Å². The molecule has 1 amide bonds. The first-order chi connectivity index (χ1) is 10.1. The maximum absolute atomic E-state index is 12.8. The molecule has 21 heavy (non-hydrogen) atoms. The fourth-order valence-electron chi connectivity index (χ4n) is 2.18. The molecule has 1 aromatic carbocycles. The first kappa shape index (κ1) is 15.5. The SMILES string of the molecule is CCCCN(C(=O)c1cc(C)nc(Cl)c1)c1ccccc1. The number of pyridine rings is 1. The van der Waals surface area contributed by atoms with E-state index in [1.165, 1.54) is 0 Å². The summed E-state index contributed by atoms with van der Waals surface area (Å²) in [4.78, 5) is 18.7. The molecule has 2 rings (SSSR count). The predicted molar refractivity (Wildman–Crippen MR) is 87.0 cm³/mol. The van der Waals surface area contributed by atoms with Gasteiger partial charge < -0.3 is 4.90 Å². The number of carbonyl (C=O) groups is 1. The standard InChI is InChI=1S/C17H19ClN2O/c1-3-4-10-20(15-8-6-5-7-9-15)17(21)14-11-13(2)19-16(18)12-14/h5-9,11-12H,3-4,10H2,1-2H3. The van der Waals surface area contributed by atoms with E-state index in [4.69, 9.17) is 11.6 Å². The van der Waals surface area contributed by atoms with E-state index in [2.05, 4.69) is 11.9 Å². The van der Waals surface area contributed by atoms with E-state index in [1.807, 2.05) is 37.3 Å². The number of halogens is 1. The number of amides is 1. The normalized spacial score (nSPS) is 10.4. The summed E-state index contributed by atoms with van der Waals surface area (Å²) in [5, 5.41) is 0.349. The fraction of sp³-hybridized carbons (Fsp3) is 0.294. The number of para-hydroxylation sites is 1. The maximum atomic E-state index is 12.8. The lowest BCUT2D eigenvalue weighted by atomic mass is 10.1. The average Bonchev–Trinajstić information content (AvgIpc) is 2.47. The fourth-order valence-corrected chi connectivity index (χ4v) is 2.43. The molecule has 0 aliphatic carbocycles. The maximum Gasteiger partial charge on any atom is 0.258 e. The molecule has 110 valence electrons. The highest BCUT2D eigenvalue weighted by atomic mass is 35.5. The Morgan fingerprint density at radius 3 is 2.57 bits per heavy atom. The molecule has 4 heteroatoms. The van der Waals surface area contributed by atoms with Crippen LogP contribution in [0.2, 0.25) is 5.15 Å². The Bertz CT molecular complexity index is 593. The number of carbonyl (C=O) groups excluding carboxylic acids is 1. The molecule has 0 saturated heterocycles. The lowest BCUT2D eigenvalue weighted by Gasteiger charge is -2.23. The number of hydrogen-bond acceptors (Lipinski definition) is 2. The second-order valence-corrected chi connectivity index (χ2v) is 5.35. The summed E-state index contributed by atoms with van der Waals surface area (Å²) in [5.41, 5.74) is 2.23. The molecule has 0 N–H and O–H groups in total. The minimum absolute atomic E-state index is 0.0398. The van der Waals surface area contributed by atoms with Crippen molar-refractivity contribution in [1.82, 2.24) is 4.98 Å². The highest BCUT2D eigenvalue weighted by molar-refractivity contribution is 6.29. The van der Waals surface area contributed by atoms with E-state index in [9.17, 15) is 4.79 Å². The summed E-state index contributed by atoms with van der Waals surface area (Å²) in [6.45, 7) is 4.64. The topological polar surface area (TPSA) is 33.2 Å². The Labute approximate surface area is 130 Å². The molecule has 0 aliphatic rings. The number of benzene rings is 1. The van der Waals surface area contributed by atoms with Crippen molar-refractivity contribution in [3.05, 3.63) is 58.9 Å². The second kappa shape index (κ2) is 7.23. The smallest absolute Gasteiger partial charge is 0.258 e. The molecular formula is C17H19ClN2O. The largest absolute Gasteiger partial charge is 0.308 e. The van der Waals surface area contributed by atoms with Crippen LogP contribution in [0.25, 0.3) is 0 Å². The zero-order chi connectivity index (χ0) is 15.2. The molecule has 3 nitrogen and oxygen atoms in total. The van der Waals surface area contributed by atoms with Crippen LogP contribution in [-0.4, -0.2) is 17.4 Å². The number of nitrogens with zero attached hydrogens (tertiary/aromatic N) is 2. The van der Waals surface area contributed by atoms with Gasteiger partial charge in [0.2, 0.25) is 0 Å². The summed E-state index contributed by atoms with van der Waals surface area (Å²) >= 11 is 5.97. The molecule has 0 fully saturated rings. The second-order valence-electron chi connectivity index (χ2n) is 4.97. The van der Waals surface area contributed by atoms with Crippen molar-refractivity contribution in [1.29, 1.82) is 0 Å². The Balaban J connectivity index is 2.33. The van der Waals surface area contributed by atoms with Crippen molar-refractivity contribution in [2.24, 2.45) is 0 Å². The minimum atomic E-state index is -0.0398. The van der Waals surface area contributed by atoms with Crippen LogP contribution in [-0.2, 0) is 0 Å². The van der Waals surface area contributed by atoms with Crippen LogP contribution in [0.1, 0.15) is 35.8 Å². The van der Waals surface area contributed by atoms with Crippen LogP contribution < -0.4 is 4.90 Å². The van der Waals surface area contributed by atoms with Crippen LogP contribution >= 0.6 is 11.6 Å². The van der Waals surface area contributed by atoms with Crippen molar-refractivity contribution in [2.75, 3.05) is 11.4 Å². The van der Waals surface area contributed by atoms with Crippen LogP contribution in [0.5, 0.6) is 0 Å². The van der Waals surface area contributed by atoms with Crippen molar-refractivity contribution < 1.29 is 4.79 Å². The molecule has 0 aliphatic heterocycles. The minimum Gasteiger partial charge on any atom is -0.308 e. The van der Waals surface area contributed by atoms with Crippen molar-refractivity contribution in [3.8, 4) is 0 Å². The molecule has 2 aromatic rings. The third-order valence-electron chi connectivity index (χ3n) is 3.22. The third kappa shape index (κ3) is 4.05. The van der Waals surface area contributed by atoms with E-state index >= 15 is 0 Å². The molecule has 0 radical (unpaired) electrons. The Kier molecular flexibility index (Phi) is 5.34. The number of aromatic nitrogens is 1. The highest BCUT2D eigenvalue weighted by Crippen LogP contribution is 2.19. The quantitative estimate of drug-likeness (QED) is 0.762. The van der Waals surface area contributed by atoms with Crippen molar-refractivity contribution in [2.45, 2.75) is 26.7 Å². The van der Waals surface area contributed by atoms with E-state index in [1.54, 1.807) is 17.0 Å². The van der Waals surface area contributed by atoms with Gasteiger partial charge in [-0.3, -0.25) is 4.79 Å². The number of anilines is 1. The van der Waals surface area contributed by atoms with Gasteiger partial charge in [-0.25, -0.2) is 4.98 Å². The van der Waals surface area contributed by atoms with E-state index in [0.717, 1.165) is 24.2 Å². The number of hydrogen-bond donors (Lipinski definition) is 0. The first-order valence-corrected chi connectivity index (χ1v) is 7.50. The zero-order valence-electron chi connectivity index (χ0n) is 12.3. The number of unbranched alkanes of at least 4 members (excludes halogenated alkanes) is 1.